The number of fused-ring (bicyclic) bond motifs is 1. The van der Waals surface area contributed by atoms with E-state index in [4.69, 9.17) is 11.6 Å². The van der Waals surface area contributed by atoms with Gasteiger partial charge in [0.1, 0.15) is 0 Å². The molecule has 0 radical (unpaired) electrons. The smallest absolute Gasteiger partial charge is 0.251 e. The van der Waals surface area contributed by atoms with Crippen LogP contribution in [0.1, 0.15) is 18.1 Å². The molecule has 0 saturated carbocycles. The van der Waals surface area contributed by atoms with Crippen molar-refractivity contribution in [3.63, 3.8) is 0 Å². The summed E-state index contributed by atoms with van der Waals surface area (Å²) in [7, 11) is 0. The summed E-state index contributed by atoms with van der Waals surface area (Å²) >= 11 is 5.69. The van der Waals surface area contributed by atoms with Gasteiger partial charge in [-0.3, -0.25) is 9.78 Å². The van der Waals surface area contributed by atoms with Crippen LogP contribution in [0, 0.1) is 0 Å². The first-order valence-electron chi connectivity index (χ1n) is 4.81. The van der Waals surface area contributed by atoms with Gasteiger partial charge in [-0.15, -0.1) is 11.6 Å². The molecule has 0 aliphatic carbocycles. The molecule has 78 valence electrons. The summed E-state index contributed by atoms with van der Waals surface area (Å²) in [6.07, 6.45) is 2.44. The fourth-order valence-corrected chi connectivity index (χ4v) is 1.65. The van der Waals surface area contributed by atoms with E-state index in [0.717, 1.165) is 22.2 Å². The Labute approximate surface area is 92.1 Å². The normalized spacial score (nSPS) is 10.8. The van der Waals surface area contributed by atoms with Crippen LogP contribution >= 0.6 is 11.6 Å². The number of hydrogen-bond acceptors (Lipinski definition) is 2. The van der Waals surface area contributed by atoms with Crippen molar-refractivity contribution in [1.29, 1.82) is 0 Å². The number of H-pyrrole nitrogens is 1. The number of alkyl halides is 1. The SMILES string of the molecule is CCc1cc2ncc(CCl)cc2[nH]c1=O. The first-order chi connectivity index (χ1) is 7.24. The standard InChI is InChI=1S/C11H11ClN2O/c1-2-8-4-9-10(14-11(8)15)3-7(5-12)6-13-9/h3-4,6H,2,5H2,1H3,(H,14,15). The predicted molar refractivity (Wildman–Crippen MR) is 61.3 cm³/mol. The van der Waals surface area contributed by atoms with Gasteiger partial charge in [0.25, 0.3) is 5.56 Å². The summed E-state index contributed by atoms with van der Waals surface area (Å²) in [6.45, 7) is 1.95. The van der Waals surface area contributed by atoms with Crippen molar-refractivity contribution >= 4 is 22.6 Å². The third-order valence-electron chi connectivity index (χ3n) is 2.36. The van der Waals surface area contributed by atoms with Crippen molar-refractivity contribution in [3.8, 4) is 0 Å². The van der Waals surface area contributed by atoms with Crippen LogP contribution in [0.2, 0.25) is 0 Å². The lowest BCUT2D eigenvalue weighted by Gasteiger charge is -2.01. The van der Waals surface area contributed by atoms with Gasteiger partial charge in [-0.05, 0) is 24.1 Å². The highest BCUT2D eigenvalue weighted by atomic mass is 35.5. The molecule has 0 saturated heterocycles. The third-order valence-corrected chi connectivity index (χ3v) is 2.67. The maximum atomic E-state index is 11.5. The van der Waals surface area contributed by atoms with Crippen LogP contribution in [0.4, 0.5) is 0 Å². The number of pyridine rings is 2. The molecule has 0 fully saturated rings. The Hall–Kier alpha value is -1.35. The molecule has 3 nitrogen and oxygen atoms in total. The summed E-state index contributed by atoms with van der Waals surface area (Å²) in [6, 6.07) is 3.68. The largest absolute Gasteiger partial charge is 0.320 e. The number of nitrogens with zero attached hydrogens (tertiary/aromatic N) is 1. The lowest BCUT2D eigenvalue weighted by atomic mass is 10.2. The van der Waals surface area contributed by atoms with Crippen molar-refractivity contribution in [3.05, 3.63) is 39.8 Å². The molecule has 0 aliphatic rings. The second kappa shape index (κ2) is 4.03. The molecular formula is C11H11ClN2O. The van der Waals surface area contributed by atoms with Crippen molar-refractivity contribution in [1.82, 2.24) is 9.97 Å². The lowest BCUT2D eigenvalue weighted by Crippen LogP contribution is -2.11. The fourth-order valence-electron chi connectivity index (χ4n) is 1.50. The van der Waals surface area contributed by atoms with Gasteiger partial charge in [-0.25, -0.2) is 0 Å². The number of hydrogen-bond donors (Lipinski definition) is 1. The van der Waals surface area contributed by atoms with Crippen LogP contribution in [0.25, 0.3) is 11.0 Å². The molecule has 0 spiro atoms. The van der Waals surface area contributed by atoms with Crippen LogP contribution in [0.15, 0.2) is 23.1 Å². The Morgan fingerprint density at radius 2 is 2.27 bits per heavy atom. The van der Waals surface area contributed by atoms with Gasteiger partial charge in [-0.1, -0.05) is 6.92 Å². The van der Waals surface area contributed by atoms with E-state index in [-0.39, 0.29) is 5.56 Å². The Balaban J connectivity index is 2.70. The van der Waals surface area contributed by atoms with Crippen LogP contribution in [0.3, 0.4) is 0 Å². The number of aromatic nitrogens is 2. The van der Waals surface area contributed by atoms with Crippen LogP contribution in [-0.4, -0.2) is 9.97 Å². The van der Waals surface area contributed by atoms with Gasteiger partial charge in [-0.2, -0.15) is 0 Å². The molecule has 0 aliphatic heterocycles. The Bertz CT molecular complexity index is 548. The second-order valence-corrected chi connectivity index (χ2v) is 3.65. The molecular weight excluding hydrogens is 212 g/mol. The zero-order chi connectivity index (χ0) is 10.8. The van der Waals surface area contributed by atoms with Crippen molar-refractivity contribution < 1.29 is 0 Å². The predicted octanol–water partition coefficient (Wildman–Crippen LogP) is 2.22. The maximum absolute atomic E-state index is 11.5. The van der Waals surface area contributed by atoms with Crippen LogP contribution in [-0.2, 0) is 12.3 Å². The van der Waals surface area contributed by atoms with E-state index in [0.29, 0.717) is 12.3 Å². The number of aryl methyl sites for hydroxylation is 1. The van der Waals surface area contributed by atoms with E-state index in [1.165, 1.54) is 0 Å². The highest BCUT2D eigenvalue weighted by molar-refractivity contribution is 6.17. The molecule has 0 atom stereocenters. The Morgan fingerprint density at radius 1 is 1.47 bits per heavy atom. The van der Waals surface area contributed by atoms with Crippen LogP contribution < -0.4 is 5.56 Å². The van der Waals surface area contributed by atoms with E-state index >= 15 is 0 Å². The number of nitrogens with one attached hydrogen (secondary N) is 1. The quantitative estimate of drug-likeness (QED) is 0.792. The second-order valence-electron chi connectivity index (χ2n) is 3.39. The van der Waals surface area contributed by atoms with Crippen molar-refractivity contribution in [2.24, 2.45) is 0 Å². The molecule has 2 aromatic heterocycles. The Morgan fingerprint density at radius 3 is 2.93 bits per heavy atom. The average Bonchev–Trinajstić information content (AvgIpc) is 2.27. The minimum absolute atomic E-state index is 0.0430. The number of rotatable bonds is 2. The van der Waals surface area contributed by atoms with E-state index in [1.807, 2.05) is 19.1 Å². The van der Waals surface area contributed by atoms with Gasteiger partial charge in [0.15, 0.2) is 0 Å². The molecule has 2 rings (SSSR count). The summed E-state index contributed by atoms with van der Waals surface area (Å²) in [4.78, 5) is 18.6. The number of halogens is 1. The highest BCUT2D eigenvalue weighted by Crippen LogP contribution is 2.11. The minimum Gasteiger partial charge on any atom is -0.320 e. The molecule has 4 heteroatoms. The monoisotopic (exact) mass is 222 g/mol. The van der Waals surface area contributed by atoms with Gasteiger partial charge in [0.05, 0.1) is 11.0 Å². The maximum Gasteiger partial charge on any atom is 0.251 e. The van der Waals surface area contributed by atoms with Gasteiger partial charge in [0, 0.05) is 17.6 Å². The van der Waals surface area contributed by atoms with E-state index < -0.39 is 0 Å². The summed E-state index contributed by atoms with van der Waals surface area (Å²) < 4.78 is 0. The highest BCUT2D eigenvalue weighted by Gasteiger charge is 2.02. The topological polar surface area (TPSA) is 45.8 Å². The molecule has 0 bridgehead atoms. The zero-order valence-corrected chi connectivity index (χ0v) is 9.14. The van der Waals surface area contributed by atoms with Crippen LogP contribution in [0.5, 0.6) is 0 Å². The molecule has 1 N–H and O–H groups in total. The van der Waals surface area contributed by atoms with E-state index in [1.54, 1.807) is 6.20 Å². The molecule has 2 heterocycles. The van der Waals surface area contributed by atoms with Crippen molar-refractivity contribution in [2.75, 3.05) is 0 Å². The Kier molecular flexibility index (Phi) is 2.73. The molecule has 15 heavy (non-hydrogen) atoms. The number of aromatic amines is 1. The van der Waals surface area contributed by atoms with E-state index in [9.17, 15) is 4.79 Å². The van der Waals surface area contributed by atoms with Crippen molar-refractivity contribution in [2.45, 2.75) is 19.2 Å². The first-order valence-corrected chi connectivity index (χ1v) is 5.35. The van der Waals surface area contributed by atoms with Gasteiger partial charge in [0.2, 0.25) is 0 Å². The first kappa shape index (κ1) is 10.2. The average molecular weight is 223 g/mol. The van der Waals surface area contributed by atoms with Gasteiger partial charge < -0.3 is 4.98 Å². The molecule has 0 amide bonds. The molecule has 0 aromatic carbocycles. The third kappa shape index (κ3) is 1.88. The van der Waals surface area contributed by atoms with Gasteiger partial charge >= 0.3 is 0 Å². The fraction of sp³-hybridized carbons (Fsp3) is 0.273. The summed E-state index contributed by atoms with van der Waals surface area (Å²) in [5.41, 5.74) is 3.17. The zero-order valence-electron chi connectivity index (χ0n) is 8.38. The molecule has 2 aromatic rings. The van der Waals surface area contributed by atoms with E-state index in [2.05, 4.69) is 9.97 Å². The summed E-state index contributed by atoms with van der Waals surface area (Å²) in [5.74, 6) is 0.403. The molecule has 0 unspecified atom stereocenters. The lowest BCUT2D eigenvalue weighted by molar-refractivity contribution is 1.07. The minimum atomic E-state index is -0.0430. The summed E-state index contributed by atoms with van der Waals surface area (Å²) in [5, 5.41) is 0.